The predicted molar refractivity (Wildman–Crippen MR) is 98.3 cm³/mol. The standard InChI is InChI=1S/C17H26N8O/c1-14-20-15(11-16(21-14)25-7-9-26-10-8-25)24-5-3-23(4-6-24)12-17-18-13-19-22(17)2/h11,13H,3-10,12H2,1-2H3. The van der Waals surface area contributed by atoms with Crippen LogP contribution in [0.25, 0.3) is 0 Å². The minimum absolute atomic E-state index is 0.763. The van der Waals surface area contributed by atoms with Gasteiger partial charge in [0.2, 0.25) is 0 Å². The molecule has 0 spiro atoms. The van der Waals surface area contributed by atoms with Crippen LogP contribution in [-0.4, -0.2) is 82.1 Å². The number of nitrogens with zero attached hydrogens (tertiary/aromatic N) is 8. The van der Waals surface area contributed by atoms with Gasteiger partial charge in [0.05, 0.1) is 19.8 Å². The number of aryl methyl sites for hydroxylation is 2. The fourth-order valence-corrected chi connectivity index (χ4v) is 3.45. The SMILES string of the molecule is Cc1nc(N2CCOCC2)cc(N2CCN(Cc3ncnn3C)CC2)n1. The topological polar surface area (TPSA) is 75.4 Å². The maximum absolute atomic E-state index is 5.45. The summed E-state index contributed by atoms with van der Waals surface area (Å²) >= 11 is 0. The zero-order valence-electron chi connectivity index (χ0n) is 15.5. The van der Waals surface area contributed by atoms with Crippen molar-refractivity contribution in [1.82, 2.24) is 29.6 Å². The fourth-order valence-electron chi connectivity index (χ4n) is 3.45. The molecule has 0 radical (unpaired) electrons. The van der Waals surface area contributed by atoms with E-state index >= 15 is 0 Å². The third-order valence-corrected chi connectivity index (χ3v) is 5.01. The molecule has 0 amide bonds. The molecule has 4 rings (SSSR count). The third-order valence-electron chi connectivity index (χ3n) is 5.01. The molecule has 9 nitrogen and oxygen atoms in total. The highest BCUT2D eigenvalue weighted by molar-refractivity contribution is 5.51. The number of morpholine rings is 1. The molecule has 26 heavy (non-hydrogen) atoms. The van der Waals surface area contributed by atoms with Gasteiger partial charge in [0.15, 0.2) is 0 Å². The Morgan fingerprint density at radius 1 is 0.962 bits per heavy atom. The van der Waals surface area contributed by atoms with Gasteiger partial charge in [-0.15, -0.1) is 0 Å². The minimum atomic E-state index is 0.763. The summed E-state index contributed by atoms with van der Waals surface area (Å²) in [6.45, 7) is 10.0. The Labute approximate surface area is 153 Å². The quantitative estimate of drug-likeness (QED) is 0.760. The molecule has 0 aliphatic carbocycles. The maximum atomic E-state index is 5.45. The largest absolute Gasteiger partial charge is 0.378 e. The third kappa shape index (κ3) is 3.78. The Bertz CT molecular complexity index is 734. The molecule has 140 valence electrons. The van der Waals surface area contributed by atoms with E-state index < -0.39 is 0 Å². The summed E-state index contributed by atoms with van der Waals surface area (Å²) in [6, 6.07) is 2.12. The molecule has 0 unspecified atom stereocenters. The van der Waals surface area contributed by atoms with Gasteiger partial charge in [-0.1, -0.05) is 0 Å². The van der Waals surface area contributed by atoms with Gasteiger partial charge >= 0.3 is 0 Å². The molecule has 4 heterocycles. The van der Waals surface area contributed by atoms with Crippen LogP contribution in [0.2, 0.25) is 0 Å². The predicted octanol–water partition coefficient (Wildman–Crippen LogP) is 0.0723. The average Bonchev–Trinajstić information content (AvgIpc) is 3.07. The molecule has 0 saturated carbocycles. The molecule has 9 heteroatoms. The number of anilines is 2. The molecule has 2 saturated heterocycles. The van der Waals surface area contributed by atoms with Crippen molar-refractivity contribution in [3.8, 4) is 0 Å². The number of piperazine rings is 1. The fraction of sp³-hybridized carbons (Fsp3) is 0.647. The molecular weight excluding hydrogens is 332 g/mol. The van der Waals surface area contributed by atoms with E-state index in [9.17, 15) is 0 Å². The Hall–Kier alpha value is -2.26. The van der Waals surface area contributed by atoms with E-state index in [0.717, 1.165) is 82.3 Å². The molecule has 2 fully saturated rings. The van der Waals surface area contributed by atoms with Gasteiger partial charge < -0.3 is 14.5 Å². The van der Waals surface area contributed by atoms with E-state index in [4.69, 9.17) is 4.74 Å². The Balaban J connectivity index is 1.40. The van der Waals surface area contributed by atoms with Crippen LogP contribution in [-0.2, 0) is 18.3 Å². The zero-order chi connectivity index (χ0) is 17.9. The van der Waals surface area contributed by atoms with E-state index in [0.29, 0.717) is 0 Å². The van der Waals surface area contributed by atoms with Crippen molar-refractivity contribution in [1.29, 1.82) is 0 Å². The van der Waals surface area contributed by atoms with E-state index in [2.05, 4.69) is 40.8 Å². The van der Waals surface area contributed by atoms with Crippen LogP contribution in [0, 0.1) is 6.92 Å². The highest BCUT2D eigenvalue weighted by Crippen LogP contribution is 2.21. The molecule has 2 aromatic rings. The monoisotopic (exact) mass is 358 g/mol. The molecule has 2 aliphatic rings. The van der Waals surface area contributed by atoms with E-state index in [1.165, 1.54) is 0 Å². The van der Waals surface area contributed by atoms with Gasteiger partial charge in [-0.3, -0.25) is 9.58 Å². The average molecular weight is 358 g/mol. The van der Waals surface area contributed by atoms with Gasteiger partial charge in [0.1, 0.15) is 29.6 Å². The molecular formula is C17H26N8O. The number of hydrogen-bond acceptors (Lipinski definition) is 8. The molecule has 0 bridgehead atoms. The summed E-state index contributed by atoms with van der Waals surface area (Å²) in [6.07, 6.45) is 1.61. The minimum Gasteiger partial charge on any atom is -0.378 e. The van der Waals surface area contributed by atoms with Crippen molar-refractivity contribution in [3.63, 3.8) is 0 Å². The second-order valence-corrected chi connectivity index (χ2v) is 6.79. The van der Waals surface area contributed by atoms with Gasteiger partial charge in [0.25, 0.3) is 0 Å². The molecule has 2 aromatic heterocycles. The summed E-state index contributed by atoms with van der Waals surface area (Å²) < 4.78 is 7.29. The lowest BCUT2D eigenvalue weighted by Gasteiger charge is -2.35. The van der Waals surface area contributed by atoms with Crippen molar-refractivity contribution in [3.05, 3.63) is 24.0 Å². The van der Waals surface area contributed by atoms with Crippen LogP contribution >= 0.6 is 0 Å². The molecule has 2 aliphatic heterocycles. The van der Waals surface area contributed by atoms with Crippen LogP contribution in [0.5, 0.6) is 0 Å². The van der Waals surface area contributed by atoms with Gasteiger partial charge in [0, 0.05) is 52.4 Å². The number of ether oxygens (including phenoxy) is 1. The number of aromatic nitrogens is 5. The van der Waals surface area contributed by atoms with E-state index in [-0.39, 0.29) is 0 Å². The van der Waals surface area contributed by atoms with Crippen LogP contribution in [0.3, 0.4) is 0 Å². The first-order chi connectivity index (χ1) is 12.7. The normalized spacial score (nSPS) is 19.2. The Morgan fingerprint density at radius 2 is 1.62 bits per heavy atom. The summed E-state index contributed by atoms with van der Waals surface area (Å²) in [4.78, 5) is 20.7. The van der Waals surface area contributed by atoms with Gasteiger partial charge in [-0.2, -0.15) is 5.10 Å². The number of rotatable bonds is 4. The smallest absolute Gasteiger partial charge is 0.140 e. The maximum Gasteiger partial charge on any atom is 0.140 e. The first kappa shape index (κ1) is 17.2. The van der Waals surface area contributed by atoms with Crippen molar-refractivity contribution in [2.45, 2.75) is 13.5 Å². The highest BCUT2D eigenvalue weighted by Gasteiger charge is 2.21. The summed E-state index contributed by atoms with van der Waals surface area (Å²) in [7, 11) is 1.94. The van der Waals surface area contributed by atoms with Crippen LogP contribution in [0.15, 0.2) is 12.4 Å². The van der Waals surface area contributed by atoms with E-state index in [1.807, 2.05) is 18.7 Å². The lowest BCUT2D eigenvalue weighted by Crippen LogP contribution is -2.46. The highest BCUT2D eigenvalue weighted by atomic mass is 16.5. The van der Waals surface area contributed by atoms with Crippen molar-refractivity contribution in [2.24, 2.45) is 7.05 Å². The summed E-state index contributed by atoms with van der Waals surface area (Å²) in [5, 5.41) is 4.15. The summed E-state index contributed by atoms with van der Waals surface area (Å²) in [5.74, 6) is 3.87. The molecule has 0 atom stereocenters. The summed E-state index contributed by atoms with van der Waals surface area (Å²) in [5.41, 5.74) is 0. The Morgan fingerprint density at radius 3 is 2.23 bits per heavy atom. The first-order valence-electron chi connectivity index (χ1n) is 9.17. The Kier molecular flexibility index (Phi) is 4.98. The number of hydrogen-bond donors (Lipinski definition) is 0. The van der Waals surface area contributed by atoms with Crippen LogP contribution in [0.1, 0.15) is 11.6 Å². The lowest BCUT2D eigenvalue weighted by atomic mass is 10.3. The second kappa shape index (κ2) is 7.55. The van der Waals surface area contributed by atoms with Gasteiger partial charge in [-0.25, -0.2) is 15.0 Å². The molecule has 0 N–H and O–H groups in total. The van der Waals surface area contributed by atoms with Gasteiger partial charge in [-0.05, 0) is 6.92 Å². The first-order valence-corrected chi connectivity index (χ1v) is 9.17. The van der Waals surface area contributed by atoms with Crippen molar-refractivity contribution >= 4 is 11.6 Å². The molecule has 0 aromatic carbocycles. The zero-order valence-corrected chi connectivity index (χ0v) is 15.5. The second-order valence-electron chi connectivity index (χ2n) is 6.79. The lowest BCUT2D eigenvalue weighted by molar-refractivity contribution is 0.122. The van der Waals surface area contributed by atoms with E-state index in [1.54, 1.807) is 6.33 Å². The van der Waals surface area contributed by atoms with Crippen molar-refractivity contribution in [2.75, 3.05) is 62.3 Å². The van der Waals surface area contributed by atoms with Crippen LogP contribution < -0.4 is 9.80 Å². The van der Waals surface area contributed by atoms with Crippen LogP contribution in [0.4, 0.5) is 11.6 Å². The van der Waals surface area contributed by atoms with Crippen molar-refractivity contribution < 1.29 is 4.74 Å².